The second-order valence-corrected chi connectivity index (χ2v) is 6.56. The highest BCUT2D eigenvalue weighted by atomic mass is 35.5. The highest BCUT2D eigenvalue weighted by molar-refractivity contribution is 6.31. The molecule has 2 fully saturated rings. The third-order valence-corrected chi connectivity index (χ3v) is 5.36. The standard InChI is InChI=1S/C14H23ClN4/c1-9-14(15)13(18(2)17-9)8-19-6-10-4-3-5-12(16)11(10)7-19/h10-12H,3-8,16H2,1-2H3. The van der Waals surface area contributed by atoms with Gasteiger partial charge < -0.3 is 5.73 Å². The van der Waals surface area contributed by atoms with Crippen LogP contribution in [0.3, 0.4) is 0 Å². The summed E-state index contributed by atoms with van der Waals surface area (Å²) >= 11 is 6.34. The summed E-state index contributed by atoms with van der Waals surface area (Å²) in [7, 11) is 1.98. The van der Waals surface area contributed by atoms with Crippen LogP contribution in [0.1, 0.15) is 30.7 Å². The fraction of sp³-hybridized carbons (Fsp3) is 0.786. The van der Waals surface area contributed by atoms with Crippen LogP contribution in [0.4, 0.5) is 0 Å². The molecule has 3 unspecified atom stereocenters. The Hall–Kier alpha value is -0.580. The molecule has 1 saturated heterocycles. The monoisotopic (exact) mass is 282 g/mol. The normalized spacial score (nSPS) is 31.7. The van der Waals surface area contributed by atoms with Gasteiger partial charge in [-0.05, 0) is 31.6 Å². The zero-order valence-electron chi connectivity index (χ0n) is 11.8. The molecule has 0 bridgehead atoms. The van der Waals surface area contributed by atoms with Crippen molar-refractivity contribution in [2.45, 2.75) is 38.8 Å². The van der Waals surface area contributed by atoms with Crippen molar-refractivity contribution in [2.75, 3.05) is 13.1 Å². The van der Waals surface area contributed by atoms with E-state index >= 15 is 0 Å². The molecule has 1 aromatic heterocycles. The topological polar surface area (TPSA) is 47.1 Å². The average Bonchev–Trinajstić information content (AvgIpc) is 2.88. The van der Waals surface area contributed by atoms with Crippen LogP contribution < -0.4 is 5.73 Å². The second-order valence-electron chi connectivity index (χ2n) is 6.18. The van der Waals surface area contributed by atoms with Crippen LogP contribution in [-0.4, -0.2) is 33.8 Å². The Morgan fingerprint density at radius 1 is 1.37 bits per heavy atom. The summed E-state index contributed by atoms with van der Waals surface area (Å²) in [5.41, 5.74) is 8.32. The van der Waals surface area contributed by atoms with Crippen molar-refractivity contribution < 1.29 is 0 Å². The summed E-state index contributed by atoms with van der Waals surface area (Å²) in [4.78, 5) is 2.50. The first-order chi connectivity index (χ1) is 9.06. The third-order valence-electron chi connectivity index (χ3n) is 4.86. The third kappa shape index (κ3) is 2.41. The van der Waals surface area contributed by atoms with E-state index < -0.39 is 0 Å². The van der Waals surface area contributed by atoms with Gasteiger partial charge in [-0.15, -0.1) is 0 Å². The number of aryl methyl sites for hydroxylation is 2. The Morgan fingerprint density at radius 2 is 2.16 bits per heavy atom. The van der Waals surface area contributed by atoms with Crippen molar-refractivity contribution in [1.82, 2.24) is 14.7 Å². The Morgan fingerprint density at radius 3 is 2.79 bits per heavy atom. The molecule has 3 atom stereocenters. The van der Waals surface area contributed by atoms with Crippen molar-refractivity contribution in [2.24, 2.45) is 24.6 Å². The predicted molar refractivity (Wildman–Crippen MR) is 77.0 cm³/mol. The molecule has 1 aromatic rings. The predicted octanol–water partition coefficient (Wildman–Crippen LogP) is 1.94. The quantitative estimate of drug-likeness (QED) is 0.902. The van der Waals surface area contributed by atoms with Gasteiger partial charge in [-0.1, -0.05) is 18.0 Å². The van der Waals surface area contributed by atoms with Gasteiger partial charge in [0.2, 0.25) is 0 Å². The number of nitrogens with two attached hydrogens (primary N) is 1. The molecule has 0 radical (unpaired) electrons. The Balaban J connectivity index is 1.71. The number of nitrogens with zero attached hydrogens (tertiary/aromatic N) is 3. The Labute approximate surface area is 119 Å². The number of aromatic nitrogens is 2. The van der Waals surface area contributed by atoms with Crippen molar-refractivity contribution in [3.63, 3.8) is 0 Å². The Bertz CT molecular complexity index is 470. The number of likely N-dealkylation sites (tertiary alicyclic amines) is 1. The van der Waals surface area contributed by atoms with E-state index in [1.165, 1.54) is 25.8 Å². The van der Waals surface area contributed by atoms with Crippen LogP contribution in [0.5, 0.6) is 0 Å². The van der Waals surface area contributed by atoms with Crippen molar-refractivity contribution in [1.29, 1.82) is 0 Å². The minimum atomic E-state index is 0.396. The van der Waals surface area contributed by atoms with Crippen LogP contribution in [0, 0.1) is 18.8 Å². The summed E-state index contributed by atoms with van der Waals surface area (Å²) in [5.74, 6) is 1.47. The van der Waals surface area contributed by atoms with Crippen molar-refractivity contribution >= 4 is 11.6 Å². The van der Waals surface area contributed by atoms with E-state index in [2.05, 4.69) is 10.00 Å². The fourth-order valence-corrected chi connectivity index (χ4v) is 4.02. The highest BCUT2D eigenvalue weighted by Gasteiger charge is 2.38. The summed E-state index contributed by atoms with van der Waals surface area (Å²) in [5, 5.41) is 5.21. The molecule has 3 rings (SSSR count). The lowest BCUT2D eigenvalue weighted by molar-refractivity contribution is 0.259. The summed E-state index contributed by atoms with van der Waals surface area (Å²) < 4.78 is 1.92. The maximum atomic E-state index is 6.34. The molecule has 5 heteroatoms. The zero-order valence-corrected chi connectivity index (χ0v) is 12.5. The van der Waals surface area contributed by atoms with E-state index in [9.17, 15) is 0 Å². The Kier molecular flexibility index (Phi) is 3.58. The minimum Gasteiger partial charge on any atom is -0.327 e. The lowest BCUT2D eigenvalue weighted by Gasteiger charge is -2.29. The van der Waals surface area contributed by atoms with Gasteiger partial charge in [0.25, 0.3) is 0 Å². The first-order valence-electron chi connectivity index (χ1n) is 7.22. The molecule has 19 heavy (non-hydrogen) atoms. The average molecular weight is 283 g/mol. The molecule has 1 aliphatic carbocycles. The van der Waals surface area contributed by atoms with Gasteiger partial charge >= 0.3 is 0 Å². The largest absolute Gasteiger partial charge is 0.327 e. The lowest BCUT2D eigenvalue weighted by atomic mass is 9.78. The van der Waals surface area contributed by atoms with Crippen LogP contribution in [0.2, 0.25) is 5.02 Å². The maximum absolute atomic E-state index is 6.34. The second kappa shape index (κ2) is 5.08. The van der Waals surface area contributed by atoms with Crippen LogP contribution in [0.25, 0.3) is 0 Å². The summed E-state index contributed by atoms with van der Waals surface area (Å²) in [6.45, 7) is 5.15. The molecule has 1 aliphatic heterocycles. The number of hydrogen-bond donors (Lipinski definition) is 1. The van der Waals surface area contributed by atoms with Crippen molar-refractivity contribution in [3.05, 3.63) is 16.4 Å². The number of rotatable bonds is 2. The maximum Gasteiger partial charge on any atom is 0.0860 e. The van der Waals surface area contributed by atoms with Crippen molar-refractivity contribution in [3.8, 4) is 0 Å². The number of fused-ring (bicyclic) bond motifs is 1. The lowest BCUT2D eigenvalue weighted by Crippen LogP contribution is -2.38. The molecule has 2 heterocycles. The number of hydrogen-bond acceptors (Lipinski definition) is 3. The van der Waals surface area contributed by atoms with Gasteiger partial charge in [-0.2, -0.15) is 5.10 Å². The molecule has 2 N–H and O–H groups in total. The smallest absolute Gasteiger partial charge is 0.0860 e. The van der Waals surface area contributed by atoms with E-state index in [1.807, 2.05) is 18.7 Å². The van der Waals surface area contributed by atoms with E-state index in [-0.39, 0.29) is 0 Å². The molecule has 0 amide bonds. The van der Waals surface area contributed by atoms with E-state index in [0.29, 0.717) is 12.0 Å². The molecule has 2 aliphatic rings. The van der Waals surface area contributed by atoms with E-state index in [4.69, 9.17) is 17.3 Å². The van der Waals surface area contributed by atoms with Gasteiger partial charge in [0.1, 0.15) is 0 Å². The van der Waals surface area contributed by atoms with Crippen LogP contribution in [0.15, 0.2) is 0 Å². The molecular weight excluding hydrogens is 260 g/mol. The van der Waals surface area contributed by atoms with Gasteiger partial charge in [-0.3, -0.25) is 9.58 Å². The van der Waals surface area contributed by atoms with Gasteiger partial charge in [0.15, 0.2) is 0 Å². The van der Waals surface area contributed by atoms with E-state index in [1.54, 1.807) is 0 Å². The molecule has 0 aromatic carbocycles. The summed E-state index contributed by atoms with van der Waals surface area (Å²) in [6.07, 6.45) is 3.83. The highest BCUT2D eigenvalue weighted by Crippen LogP contribution is 2.36. The van der Waals surface area contributed by atoms with Crippen LogP contribution >= 0.6 is 11.6 Å². The fourth-order valence-electron chi connectivity index (χ4n) is 3.80. The first-order valence-corrected chi connectivity index (χ1v) is 7.60. The zero-order chi connectivity index (χ0) is 13.6. The minimum absolute atomic E-state index is 0.396. The molecule has 1 saturated carbocycles. The summed E-state index contributed by atoms with van der Waals surface area (Å²) in [6, 6.07) is 0.396. The van der Waals surface area contributed by atoms with E-state index in [0.717, 1.165) is 35.4 Å². The molecule has 0 spiro atoms. The SMILES string of the molecule is Cc1nn(C)c(CN2CC3CCCC(N)C3C2)c1Cl. The number of halogens is 1. The van der Waals surface area contributed by atoms with Gasteiger partial charge in [-0.25, -0.2) is 0 Å². The van der Waals surface area contributed by atoms with Gasteiger partial charge in [0, 0.05) is 32.7 Å². The first kappa shape index (κ1) is 13.4. The van der Waals surface area contributed by atoms with Gasteiger partial charge in [0.05, 0.1) is 16.4 Å². The van der Waals surface area contributed by atoms with Crippen LogP contribution in [-0.2, 0) is 13.6 Å². The molecular formula is C14H23ClN4. The molecule has 106 valence electrons. The molecule has 4 nitrogen and oxygen atoms in total.